The first-order chi connectivity index (χ1) is 6.83. The van der Waals surface area contributed by atoms with Gasteiger partial charge >= 0.3 is 0 Å². The number of fused-ring (bicyclic) bond motifs is 1. The molecule has 0 unspecified atom stereocenters. The van der Waals surface area contributed by atoms with Gasteiger partial charge in [-0.3, -0.25) is 0 Å². The molecule has 1 atom stereocenters. The number of rotatable bonds is 1. The van der Waals surface area contributed by atoms with Crippen molar-refractivity contribution in [3.8, 4) is 0 Å². The van der Waals surface area contributed by atoms with E-state index < -0.39 is 0 Å². The predicted molar refractivity (Wildman–Crippen MR) is 59.9 cm³/mol. The molecule has 0 N–H and O–H groups in total. The van der Waals surface area contributed by atoms with Crippen LogP contribution in [0.3, 0.4) is 0 Å². The Morgan fingerprint density at radius 3 is 2.93 bits per heavy atom. The summed E-state index contributed by atoms with van der Waals surface area (Å²) in [6.07, 6.45) is 16.2. The zero-order chi connectivity index (χ0) is 9.54. The minimum atomic E-state index is 0.791. The van der Waals surface area contributed by atoms with E-state index in [-0.39, 0.29) is 0 Å². The standard InChI is InChI=1S/C14H14/c1-10-7-11(8-10)9-13-6-5-12-3-2-4-14(12)13/h3-7,9-10H,2,8H2,1H3/b13-9-/t10-/m0/s1. The second-order valence-electron chi connectivity index (χ2n) is 4.37. The third-order valence-corrected chi connectivity index (χ3v) is 3.12. The van der Waals surface area contributed by atoms with Gasteiger partial charge in [0.1, 0.15) is 0 Å². The molecule has 0 fully saturated rings. The molecule has 0 aromatic carbocycles. The number of allylic oxidation sites excluding steroid dienone is 10. The van der Waals surface area contributed by atoms with Crippen molar-refractivity contribution in [3.63, 3.8) is 0 Å². The Labute approximate surface area is 85.0 Å². The highest BCUT2D eigenvalue weighted by Crippen LogP contribution is 2.36. The van der Waals surface area contributed by atoms with Crippen LogP contribution in [-0.2, 0) is 0 Å². The van der Waals surface area contributed by atoms with E-state index in [0.29, 0.717) is 0 Å². The predicted octanol–water partition coefficient (Wildman–Crippen LogP) is 3.71. The highest BCUT2D eigenvalue weighted by molar-refractivity contribution is 5.66. The van der Waals surface area contributed by atoms with Crippen LogP contribution in [0.4, 0.5) is 0 Å². The Morgan fingerprint density at radius 1 is 1.29 bits per heavy atom. The Morgan fingerprint density at radius 2 is 2.14 bits per heavy atom. The van der Waals surface area contributed by atoms with E-state index in [1.807, 2.05) is 0 Å². The van der Waals surface area contributed by atoms with Crippen LogP contribution >= 0.6 is 0 Å². The van der Waals surface area contributed by atoms with Gasteiger partial charge in [-0.25, -0.2) is 0 Å². The summed E-state index contributed by atoms with van der Waals surface area (Å²) in [5.74, 6) is 0.791. The molecule has 0 aliphatic heterocycles. The van der Waals surface area contributed by atoms with Crippen LogP contribution in [0.2, 0.25) is 0 Å². The van der Waals surface area contributed by atoms with Gasteiger partial charge in [-0.15, -0.1) is 0 Å². The van der Waals surface area contributed by atoms with E-state index in [1.54, 1.807) is 0 Å². The Hall–Kier alpha value is -1.30. The molecule has 0 nitrogen and oxygen atoms in total. The lowest BCUT2D eigenvalue weighted by Gasteiger charge is -2.19. The molecule has 70 valence electrons. The molecule has 14 heavy (non-hydrogen) atoms. The summed E-state index contributed by atoms with van der Waals surface area (Å²) in [6, 6.07) is 0. The average Bonchev–Trinajstić information content (AvgIpc) is 2.66. The summed E-state index contributed by atoms with van der Waals surface area (Å²) in [4.78, 5) is 0. The van der Waals surface area contributed by atoms with Crippen LogP contribution in [0.25, 0.3) is 0 Å². The third kappa shape index (κ3) is 1.14. The van der Waals surface area contributed by atoms with Crippen molar-refractivity contribution in [1.29, 1.82) is 0 Å². The van der Waals surface area contributed by atoms with Crippen molar-refractivity contribution < 1.29 is 0 Å². The molecule has 0 aromatic heterocycles. The summed E-state index contributed by atoms with van der Waals surface area (Å²) in [7, 11) is 0. The largest absolute Gasteiger partial charge is 0.0781 e. The van der Waals surface area contributed by atoms with E-state index in [0.717, 1.165) is 12.3 Å². The molecule has 0 amide bonds. The second kappa shape index (κ2) is 2.84. The van der Waals surface area contributed by atoms with Gasteiger partial charge in [0.25, 0.3) is 0 Å². The minimum absolute atomic E-state index is 0.791. The molecule has 3 rings (SSSR count). The number of hydrogen-bond donors (Lipinski definition) is 0. The van der Waals surface area contributed by atoms with Crippen LogP contribution in [-0.4, -0.2) is 0 Å². The summed E-state index contributed by atoms with van der Waals surface area (Å²) in [5.41, 5.74) is 5.78. The topological polar surface area (TPSA) is 0 Å². The van der Waals surface area contributed by atoms with Crippen LogP contribution in [0.5, 0.6) is 0 Å². The van der Waals surface area contributed by atoms with Crippen molar-refractivity contribution in [2.24, 2.45) is 5.92 Å². The second-order valence-corrected chi connectivity index (χ2v) is 4.37. The maximum absolute atomic E-state index is 2.36. The average molecular weight is 182 g/mol. The highest BCUT2D eigenvalue weighted by atomic mass is 14.2. The van der Waals surface area contributed by atoms with Crippen LogP contribution < -0.4 is 0 Å². The van der Waals surface area contributed by atoms with Crippen molar-refractivity contribution in [1.82, 2.24) is 0 Å². The van der Waals surface area contributed by atoms with Crippen LogP contribution in [0.1, 0.15) is 19.8 Å². The lowest BCUT2D eigenvalue weighted by atomic mass is 9.86. The smallest absolute Gasteiger partial charge is 0.0151 e. The van der Waals surface area contributed by atoms with Gasteiger partial charge < -0.3 is 0 Å². The third-order valence-electron chi connectivity index (χ3n) is 3.12. The zero-order valence-electron chi connectivity index (χ0n) is 8.46. The Bertz CT molecular complexity index is 425. The van der Waals surface area contributed by atoms with Crippen LogP contribution in [0, 0.1) is 5.92 Å². The molecule has 0 spiro atoms. The highest BCUT2D eigenvalue weighted by Gasteiger charge is 2.18. The van der Waals surface area contributed by atoms with Gasteiger partial charge in [0.2, 0.25) is 0 Å². The van der Waals surface area contributed by atoms with Gasteiger partial charge in [-0.1, -0.05) is 49.0 Å². The molecule has 0 saturated carbocycles. The van der Waals surface area contributed by atoms with Crippen LogP contribution in [0.15, 0.2) is 58.7 Å². The molecular weight excluding hydrogens is 168 g/mol. The van der Waals surface area contributed by atoms with E-state index >= 15 is 0 Å². The molecule has 0 saturated heterocycles. The van der Waals surface area contributed by atoms with Gasteiger partial charge in [0, 0.05) is 0 Å². The minimum Gasteiger partial charge on any atom is -0.0781 e. The molecule has 0 heteroatoms. The summed E-state index contributed by atoms with van der Waals surface area (Å²) in [5, 5.41) is 0. The van der Waals surface area contributed by atoms with Crippen molar-refractivity contribution in [3.05, 3.63) is 58.7 Å². The molecule has 0 heterocycles. The fraction of sp³-hybridized carbons (Fsp3) is 0.286. The van der Waals surface area contributed by atoms with Gasteiger partial charge in [-0.05, 0) is 35.5 Å². The summed E-state index contributed by atoms with van der Waals surface area (Å²) < 4.78 is 0. The van der Waals surface area contributed by atoms with Crippen molar-refractivity contribution >= 4 is 0 Å². The fourth-order valence-electron chi connectivity index (χ4n) is 2.38. The van der Waals surface area contributed by atoms with E-state index in [1.165, 1.54) is 28.7 Å². The van der Waals surface area contributed by atoms with E-state index in [2.05, 4.69) is 43.4 Å². The zero-order valence-corrected chi connectivity index (χ0v) is 8.46. The Kier molecular flexibility index (Phi) is 1.63. The fourth-order valence-corrected chi connectivity index (χ4v) is 2.38. The maximum atomic E-state index is 2.36. The van der Waals surface area contributed by atoms with E-state index in [4.69, 9.17) is 0 Å². The first-order valence-corrected chi connectivity index (χ1v) is 5.34. The van der Waals surface area contributed by atoms with Crippen molar-refractivity contribution in [2.45, 2.75) is 19.8 Å². The normalized spacial score (nSPS) is 31.1. The molecule has 3 aliphatic rings. The quantitative estimate of drug-likeness (QED) is 0.580. The Balaban J connectivity index is 1.91. The SMILES string of the molecule is C[C@H]1C=C(/C=C2/C=CC3=CCC=C32)C1. The van der Waals surface area contributed by atoms with Gasteiger partial charge in [-0.2, -0.15) is 0 Å². The molecule has 3 aliphatic carbocycles. The monoisotopic (exact) mass is 182 g/mol. The molecule has 0 radical (unpaired) electrons. The summed E-state index contributed by atoms with van der Waals surface area (Å²) >= 11 is 0. The molecule has 0 aromatic rings. The molecular formula is C14H14. The van der Waals surface area contributed by atoms with E-state index in [9.17, 15) is 0 Å². The van der Waals surface area contributed by atoms with Gasteiger partial charge in [0.15, 0.2) is 0 Å². The van der Waals surface area contributed by atoms with Gasteiger partial charge in [0.05, 0.1) is 0 Å². The lowest BCUT2D eigenvalue weighted by Crippen LogP contribution is -2.04. The molecule has 0 bridgehead atoms. The summed E-state index contributed by atoms with van der Waals surface area (Å²) in [6.45, 7) is 2.27. The maximum Gasteiger partial charge on any atom is -0.0151 e. The van der Waals surface area contributed by atoms with Crippen molar-refractivity contribution in [2.75, 3.05) is 0 Å². The number of hydrogen-bond acceptors (Lipinski definition) is 0. The first kappa shape index (κ1) is 8.05. The first-order valence-electron chi connectivity index (χ1n) is 5.34. The lowest BCUT2D eigenvalue weighted by molar-refractivity contribution is 0.653.